The van der Waals surface area contributed by atoms with E-state index in [0.717, 1.165) is 64.9 Å². The number of fused-ring (bicyclic) bond motifs is 1. The van der Waals surface area contributed by atoms with Crippen molar-refractivity contribution in [2.24, 2.45) is 0 Å². The zero-order valence-electron chi connectivity index (χ0n) is 18.5. The second-order valence-corrected chi connectivity index (χ2v) is 10.6. The third-order valence-corrected chi connectivity index (χ3v) is 7.31. The molecule has 1 fully saturated rings. The number of rotatable bonds is 5. The predicted molar refractivity (Wildman–Crippen MR) is 137 cm³/mol. The maximum absolute atomic E-state index is 12.4. The number of carbonyl (C=O) groups is 1. The molecule has 0 saturated heterocycles. The van der Waals surface area contributed by atoms with Gasteiger partial charge < -0.3 is 20.9 Å². The average Bonchev–Trinajstić information content (AvgIpc) is 2.76. The molecular weight excluding hydrogens is 536 g/mol. The van der Waals surface area contributed by atoms with Crippen LogP contribution < -0.4 is 20.9 Å². The highest BCUT2D eigenvalue weighted by molar-refractivity contribution is 9.11. The van der Waals surface area contributed by atoms with Crippen LogP contribution in [0.15, 0.2) is 27.1 Å². The van der Waals surface area contributed by atoms with Crippen molar-refractivity contribution in [3.63, 3.8) is 0 Å². The van der Waals surface area contributed by atoms with Crippen molar-refractivity contribution in [3.05, 3.63) is 38.4 Å². The Bertz CT molecular complexity index is 975. The summed E-state index contributed by atoms with van der Waals surface area (Å²) in [5, 5.41) is 9.60. The van der Waals surface area contributed by atoms with Crippen molar-refractivity contribution in [2.45, 2.75) is 63.5 Å². The standard InChI is InChI=1S/C23H30Br2N6O/c1-31(2)21-17-5-3-4-6-19(17)28-22(30-21)26-15-8-10-16(11-9-15)27-23(32)29-20-12-7-14(24)13-18(20)25/h7,12-13,15-16H,3-6,8-11H2,1-2H3,(H,26,28,30)(H2,27,29,32). The Morgan fingerprint density at radius 1 is 1.03 bits per heavy atom. The van der Waals surface area contributed by atoms with Crippen molar-refractivity contribution in [3.8, 4) is 0 Å². The molecule has 7 nitrogen and oxygen atoms in total. The van der Waals surface area contributed by atoms with Gasteiger partial charge in [0.15, 0.2) is 0 Å². The number of halogens is 2. The van der Waals surface area contributed by atoms with Crippen molar-refractivity contribution in [1.29, 1.82) is 0 Å². The first-order valence-electron chi connectivity index (χ1n) is 11.3. The SMILES string of the molecule is CN(C)c1nc(NC2CCC(NC(=O)Nc3ccc(Br)cc3Br)CC2)nc2c1CCCC2. The number of carbonyl (C=O) groups excluding carboxylic acids is 1. The molecule has 1 heterocycles. The molecule has 2 aliphatic carbocycles. The molecule has 172 valence electrons. The third kappa shape index (κ3) is 5.73. The van der Waals surface area contributed by atoms with Crippen LogP contribution in [0.4, 0.5) is 22.2 Å². The van der Waals surface area contributed by atoms with E-state index in [1.807, 2.05) is 18.2 Å². The van der Waals surface area contributed by atoms with Gasteiger partial charge in [-0.05, 0) is 85.5 Å². The fourth-order valence-corrected chi connectivity index (χ4v) is 5.65. The predicted octanol–water partition coefficient (Wildman–Crippen LogP) is 5.49. The minimum Gasteiger partial charge on any atom is -0.362 e. The summed E-state index contributed by atoms with van der Waals surface area (Å²) in [4.78, 5) is 24.2. The normalized spacial score (nSPS) is 20.2. The quantitative estimate of drug-likeness (QED) is 0.446. The molecule has 2 amide bonds. The van der Waals surface area contributed by atoms with E-state index >= 15 is 0 Å². The number of amides is 2. The maximum Gasteiger partial charge on any atom is 0.319 e. The number of aryl methyl sites for hydroxylation is 1. The van der Waals surface area contributed by atoms with Crippen molar-refractivity contribution >= 4 is 55.3 Å². The lowest BCUT2D eigenvalue weighted by Crippen LogP contribution is -2.42. The summed E-state index contributed by atoms with van der Waals surface area (Å²) in [6.45, 7) is 0. The lowest BCUT2D eigenvalue weighted by molar-refractivity contribution is 0.243. The van der Waals surface area contributed by atoms with Crippen LogP contribution in [0.2, 0.25) is 0 Å². The molecule has 1 aromatic carbocycles. The van der Waals surface area contributed by atoms with Crippen LogP contribution in [-0.4, -0.2) is 42.2 Å². The van der Waals surface area contributed by atoms with Gasteiger partial charge in [0, 0.05) is 40.7 Å². The smallest absolute Gasteiger partial charge is 0.319 e. The summed E-state index contributed by atoms with van der Waals surface area (Å²) in [5.74, 6) is 1.78. The van der Waals surface area contributed by atoms with E-state index in [1.54, 1.807) is 0 Å². The second kappa shape index (κ2) is 10.4. The molecule has 32 heavy (non-hydrogen) atoms. The molecule has 1 saturated carbocycles. The molecule has 2 aromatic rings. The van der Waals surface area contributed by atoms with Crippen LogP contribution in [0.25, 0.3) is 0 Å². The van der Waals surface area contributed by atoms with E-state index in [4.69, 9.17) is 9.97 Å². The maximum atomic E-state index is 12.4. The highest BCUT2D eigenvalue weighted by atomic mass is 79.9. The van der Waals surface area contributed by atoms with Gasteiger partial charge in [-0.3, -0.25) is 0 Å². The van der Waals surface area contributed by atoms with E-state index in [9.17, 15) is 4.79 Å². The van der Waals surface area contributed by atoms with E-state index in [-0.39, 0.29) is 12.1 Å². The molecule has 4 rings (SSSR count). The van der Waals surface area contributed by atoms with E-state index in [2.05, 4.69) is 66.8 Å². The number of hydrogen-bond donors (Lipinski definition) is 3. The topological polar surface area (TPSA) is 82.2 Å². The largest absolute Gasteiger partial charge is 0.362 e. The molecule has 0 radical (unpaired) electrons. The average molecular weight is 566 g/mol. The Balaban J connectivity index is 1.30. The number of hydrogen-bond acceptors (Lipinski definition) is 5. The molecule has 0 atom stereocenters. The van der Waals surface area contributed by atoms with Gasteiger partial charge in [-0.1, -0.05) is 15.9 Å². The summed E-state index contributed by atoms with van der Waals surface area (Å²) >= 11 is 6.91. The first kappa shape index (κ1) is 23.3. The van der Waals surface area contributed by atoms with E-state index in [1.165, 1.54) is 24.1 Å². The zero-order chi connectivity index (χ0) is 22.7. The Morgan fingerprint density at radius 2 is 1.75 bits per heavy atom. The lowest BCUT2D eigenvalue weighted by Gasteiger charge is -2.30. The Labute approximate surface area is 206 Å². The lowest BCUT2D eigenvalue weighted by atomic mass is 9.91. The number of nitrogens with zero attached hydrogens (tertiary/aromatic N) is 3. The van der Waals surface area contributed by atoms with Crippen LogP contribution in [-0.2, 0) is 12.8 Å². The van der Waals surface area contributed by atoms with E-state index < -0.39 is 0 Å². The molecule has 0 aliphatic heterocycles. The Hall–Kier alpha value is -1.87. The minimum absolute atomic E-state index is 0.168. The fraction of sp³-hybridized carbons (Fsp3) is 0.522. The van der Waals surface area contributed by atoms with E-state index in [0.29, 0.717) is 6.04 Å². The molecule has 0 bridgehead atoms. The molecule has 9 heteroatoms. The van der Waals surface area contributed by atoms with Crippen LogP contribution in [0.5, 0.6) is 0 Å². The summed E-state index contributed by atoms with van der Waals surface area (Å²) in [5.41, 5.74) is 3.26. The zero-order valence-corrected chi connectivity index (χ0v) is 21.7. The number of nitrogens with one attached hydrogen (secondary N) is 3. The molecule has 0 spiro atoms. The third-order valence-electron chi connectivity index (χ3n) is 6.16. The number of benzene rings is 1. The molecule has 3 N–H and O–H groups in total. The van der Waals surface area contributed by atoms with Gasteiger partial charge >= 0.3 is 6.03 Å². The van der Waals surface area contributed by atoms with Crippen LogP contribution >= 0.6 is 31.9 Å². The Kier molecular flexibility index (Phi) is 7.55. The summed E-state index contributed by atoms with van der Waals surface area (Å²) in [7, 11) is 4.10. The highest BCUT2D eigenvalue weighted by Gasteiger charge is 2.25. The van der Waals surface area contributed by atoms with Gasteiger partial charge in [-0.25, -0.2) is 9.78 Å². The fourth-order valence-electron chi connectivity index (χ4n) is 4.51. The van der Waals surface area contributed by atoms with Crippen molar-refractivity contribution in [1.82, 2.24) is 15.3 Å². The molecule has 1 aromatic heterocycles. The monoisotopic (exact) mass is 564 g/mol. The van der Waals surface area contributed by atoms with Crippen molar-refractivity contribution in [2.75, 3.05) is 29.6 Å². The summed E-state index contributed by atoms with van der Waals surface area (Å²) in [6, 6.07) is 6.02. The van der Waals surface area contributed by atoms with Gasteiger partial charge in [0.25, 0.3) is 0 Å². The van der Waals surface area contributed by atoms with Crippen LogP contribution in [0.1, 0.15) is 49.8 Å². The van der Waals surface area contributed by atoms with Gasteiger partial charge in [-0.15, -0.1) is 0 Å². The minimum atomic E-state index is -0.168. The molecule has 0 unspecified atom stereocenters. The summed E-state index contributed by atoms with van der Waals surface area (Å²) in [6.07, 6.45) is 8.33. The first-order chi connectivity index (χ1) is 15.4. The number of urea groups is 1. The summed E-state index contributed by atoms with van der Waals surface area (Å²) < 4.78 is 1.80. The second-order valence-electron chi connectivity index (χ2n) is 8.81. The molecular formula is C23H30Br2N6O. The first-order valence-corrected chi connectivity index (χ1v) is 12.8. The molecule has 2 aliphatic rings. The van der Waals surface area contributed by atoms with Crippen molar-refractivity contribution < 1.29 is 4.79 Å². The number of anilines is 3. The van der Waals surface area contributed by atoms with Crippen LogP contribution in [0, 0.1) is 0 Å². The van der Waals surface area contributed by atoms with Gasteiger partial charge in [0.2, 0.25) is 5.95 Å². The van der Waals surface area contributed by atoms with Crippen LogP contribution in [0.3, 0.4) is 0 Å². The van der Waals surface area contributed by atoms with Gasteiger partial charge in [0.1, 0.15) is 5.82 Å². The number of aromatic nitrogens is 2. The highest BCUT2D eigenvalue weighted by Crippen LogP contribution is 2.30. The Morgan fingerprint density at radius 3 is 2.47 bits per heavy atom. The van der Waals surface area contributed by atoms with Gasteiger partial charge in [-0.2, -0.15) is 4.98 Å². The van der Waals surface area contributed by atoms with Gasteiger partial charge in [0.05, 0.1) is 11.4 Å².